The largest absolute Gasteiger partial charge is 0.356 e. The molecular formula is C20H31IN6. The van der Waals surface area contributed by atoms with E-state index in [2.05, 4.69) is 25.7 Å². The summed E-state index contributed by atoms with van der Waals surface area (Å²) in [7, 11) is 1.82. The van der Waals surface area contributed by atoms with Crippen molar-refractivity contribution in [3.8, 4) is 5.82 Å². The molecule has 1 fully saturated rings. The van der Waals surface area contributed by atoms with E-state index in [0.717, 1.165) is 29.8 Å². The number of hydrogen-bond acceptors (Lipinski definition) is 3. The van der Waals surface area contributed by atoms with Crippen LogP contribution in [0.15, 0.2) is 41.8 Å². The molecule has 0 radical (unpaired) electrons. The zero-order chi connectivity index (χ0) is 18.0. The molecule has 1 saturated carbocycles. The minimum atomic E-state index is 0. The van der Waals surface area contributed by atoms with Crippen molar-refractivity contribution in [2.45, 2.75) is 51.5 Å². The summed E-state index contributed by atoms with van der Waals surface area (Å²) in [6.07, 6.45) is 15.1. The average molecular weight is 482 g/mol. The lowest BCUT2D eigenvalue weighted by Crippen LogP contribution is -2.37. The van der Waals surface area contributed by atoms with Crippen molar-refractivity contribution in [3.63, 3.8) is 0 Å². The summed E-state index contributed by atoms with van der Waals surface area (Å²) in [5.74, 6) is 2.66. The molecule has 2 N–H and O–H groups in total. The van der Waals surface area contributed by atoms with Crippen LogP contribution >= 0.6 is 24.0 Å². The first-order valence-electron chi connectivity index (χ1n) is 9.74. The Morgan fingerprint density at radius 1 is 1.22 bits per heavy atom. The topological polar surface area (TPSA) is 67.1 Å². The third-order valence-corrected chi connectivity index (χ3v) is 5.04. The second kappa shape index (κ2) is 11.9. The highest BCUT2D eigenvalue weighted by Crippen LogP contribution is 2.28. The molecular weight excluding hydrogens is 451 g/mol. The van der Waals surface area contributed by atoms with Crippen LogP contribution in [-0.4, -0.2) is 34.3 Å². The molecule has 0 atom stereocenters. The van der Waals surface area contributed by atoms with Gasteiger partial charge in [-0.2, -0.15) is 5.10 Å². The molecule has 2 aromatic heterocycles. The summed E-state index contributed by atoms with van der Waals surface area (Å²) in [5.41, 5.74) is 1.15. The van der Waals surface area contributed by atoms with Crippen LogP contribution in [0.2, 0.25) is 0 Å². The summed E-state index contributed by atoms with van der Waals surface area (Å²) in [4.78, 5) is 8.67. The van der Waals surface area contributed by atoms with E-state index in [0.29, 0.717) is 6.54 Å². The normalized spacial score (nSPS) is 14.8. The van der Waals surface area contributed by atoms with Gasteiger partial charge >= 0.3 is 0 Å². The first kappa shape index (κ1) is 21.7. The lowest BCUT2D eigenvalue weighted by molar-refractivity contribution is 0.472. The number of aliphatic imine (C=N–C) groups is 1. The number of nitrogens with zero attached hydrogens (tertiary/aromatic N) is 4. The van der Waals surface area contributed by atoms with E-state index in [4.69, 9.17) is 0 Å². The first-order chi connectivity index (χ1) is 12.8. The Hall–Kier alpha value is -1.64. The molecule has 0 saturated heterocycles. The second-order valence-corrected chi connectivity index (χ2v) is 6.97. The van der Waals surface area contributed by atoms with E-state index in [9.17, 15) is 0 Å². The number of pyridine rings is 1. The SMILES string of the molecule is CN=C(NCCCCC1CCCC1)NCc1ccnc(-n2cccn2)c1.I. The highest BCUT2D eigenvalue weighted by atomic mass is 127. The van der Waals surface area contributed by atoms with Crippen LogP contribution < -0.4 is 10.6 Å². The van der Waals surface area contributed by atoms with Crippen molar-refractivity contribution in [3.05, 3.63) is 42.4 Å². The zero-order valence-electron chi connectivity index (χ0n) is 16.1. The summed E-state index contributed by atoms with van der Waals surface area (Å²) < 4.78 is 1.76. The zero-order valence-corrected chi connectivity index (χ0v) is 18.4. The third-order valence-electron chi connectivity index (χ3n) is 5.04. The molecule has 3 rings (SSSR count). The van der Waals surface area contributed by atoms with Crippen LogP contribution in [0, 0.1) is 5.92 Å². The summed E-state index contributed by atoms with van der Waals surface area (Å²) in [6, 6.07) is 5.94. The fourth-order valence-corrected chi connectivity index (χ4v) is 3.57. The van der Waals surface area contributed by atoms with Gasteiger partial charge in [0.15, 0.2) is 11.8 Å². The van der Waals surface area contributed by atoms with E-state index in [1.54, 1.807) is 10.9 Å². The molecule has 1 aliphatic carbocycles. The Morgan fingerprint density at radius 3 is 2.81 bits per heavy atom. The van der Waals surface area contributed by atoms with Gasteiger partial charge in [-0.05, 0) is 36.1 Å². The van der Waals surface area contributed by atoms with Crippen LogP contribution in [0.1, 0.15) is 50.5 Å². The van der Waals surface area contributed by atoms with Gasteiger partial charge in [0, 0.05) is 38.7 Å². The highest BCUT2D eigenvalue weighted by Gasteiger charge is 2.13. The maximum absolute atomic E-state index is 4.36. The first-order valence-corrected chi connectivity index (χ1v) is 9.74. The number of hydrogen-bond donors (Lipinski definition) is 2. The second-order valence-electron chi connectivity index (χ2n) is 6.97. The van der Waals surface area contributed by atoms with E-state index in [-0.39, 0.29) is 24.0 Å². The molecule has 6 nitrogen and oxygen atoms in total. The molecule has 27 heavy (non-hydrogen) atoms. The number of guanidine groups is 1. The van der Waals surface area contributed by atoms with Crippen molar-refractivity contribution in [1.82, 2.24) is 25.4 Å². The van der Waals surface area contributed by atoms with E-state index in [1.165, 1.54) is 44.9 Å². The van der Waals surface area contributed by atoms with Crippen LogP contribution in [0.5, 0.6) is 0 Å². The molecule has 0 aliphatic heterocycles. The van der Waals surface area contributed by atoms with Crippen LogP contribution in [-0.2, 0) is 6.54 Å². The molecule has 0 amide bonds. The van der Waals surface area contributed by atoms with Gasteiger partial charge in [0.25, 0.3) is 0 Å². The summed E-state index contributed by atoms with van der Waals surface area (Å²) in [6.45, 7) is 1.68. The van der Waals surface area contributed by atoms with Gasteiger partial charge in [0.2, 0.25) is 0 Å². The van der Waals surface area contributed by atoms with E-state index >= 15 is 0 Å². The lowest BCUT2D eigenvalue weighted by Gasteiger charge is -2.13. The molecule has 2 heterocycles. The van der Waals surface area contributed by atoms with Crippen LogP contribution in [0.25, 0.3) is 5.82 Å². The van der Waals surface area contributed by atoms with Gasteiger partial charge in [-0.1, -0.05) is 38.5 Å². The Balaban J connectivity index is 0.00000261. The monoisotopic (exact) mass is 482 g/mol. The minimum absolute atomic E-state index is 0. The summed E-state index contributed by atoms with van der Waals surface area (Å²) in [5, 5.41) is 11.0. The van der Waals surface area contributed by atoms with E-state index in [1.807, 2.05) is 37.6 Å². The van der Waals surface area contributed by atoms with Crippen LogP contribution in [0.4, 0.5) is 0 Å². The van der Waals surface area contributed by atoms with Crippen molar-refractivity contribution < 1.29 is 0 Å². The molecule has 1 aliphatic rings. The van der Waals surface area contributed by atoms with Gasteiger partial charge < -0.3 is 10.6 Å². The number of halogens is 1. The average Bonchev–Trinajstić information content (AvgIpc) is 3.38. The summed E-state index contributed by atoms with van der Waals surface area (Å²) >= 11 is 0. The predicted octanol–water partition coefficient (Wildman–Crippen LogP) is 3.91. The third kappa shape index (κ3) is 7.12. The highest BCUT2D eigenvalue weighted by molar-refractivity contribution is 14.0. The molecule has 7 heteroatoms. The molecule has 148 valence electrons. The van der Waals surface area contributed by atoms with Gasteiger partial charge in [0.1, 0.15) is 0 Å². The molecule has 0 spiro atoms. The Labute approximate surface area is 179 Å². The van der Waals surface area contributed by atoms with Gasteiger partial charge in [0.05, 0.1) is 0 Å². The molecule has 0 unspecified atom stereocenters. The lowest BCUT2D eigenvalue weighted by atomic mass is 10.0. The van der Waals surface area contributed by atoms with Gasteiger partial charge in [-0.15, -0.1) is 24.0 Å². The molecule has 0 bridgehead atoms. The quantitative estimate of drug-likeness (QED) is 0.259. The minimum Gasteiger partial charge on any atom is -0.356 e. The number of unbranched alkanes of at least 4 members (excludes halogenated alkanes) is 1. The van der Waals surface area contributed by atoms with E-state index < -0.39 is 0 Å². The Kier molecular flexibility index (Phi) is 9.58. The molecule has 2 aromatic rings. The van der Waals surface area contributed by atoms with Crippen molar-refractivity contribution >= 4 is 29.9 Å². The van der Waals surface area contributed by atoms with Crippen molar-refractivity contribution in [2.24, 2.45) is 10.9 Å². The number of rotatable bonds is 8. The van der Waals surface area contributed by atoms with Crippen molar-refractivity contribution in [1.29, 1.82) is 0 Å². The number of aromatic nitrogens is 3. The van der Waals surface area contributed by atoms with Gasteiger partial charge in [-0.25, -0.2) is 9.67 Å². The maximum Gasteiger partial charge on any atom is 0.191 e. The molecule has 0 aromatic carbocycles. The van der Waals surface area contributed by atoms with Gasteiger partial charge in [-0.3, -0.25) is 4.99 Å². The smallest absolute Gasteiger partial charge is 0.191 e. The Bertz CT molecular complexity index is 680. The predicted molar refractivity (Wildman–Crippen MR) is 121 cm³/mol. The van der Waals surface area contributed by atoms with Crippen molar-refractivity contribution in [2.75, 3.05) is 13.6 Å². The fourth-order valence-electron chi connectivity index (χ4n) is 3.57. The number of nitrogens with one attached hydrogen (secondary N) is 2. The fraction of sp³-hybridized carbons (Fsp3) is 0.550. The standard InChI is InChI=1S/C20H30N6.HI/c1-21-20(23-11-5-4-9-17-7-2-3-8-17)24-16-18-10-13-22-19(15-18)26-14-6-12-25-26;/h6,10,12-15,17H,2-5,7-9,11,16H2,1H3,(H2,21,23,24);1H. The van der Waals surface area contributed by atoms with Crippen LogP contribution in [0.3, 0.4) is 0 Å². The Morgan fingerprint density at radius 2 is 2.07 bits per heavy atom. The maximum atomic E-state index is 4.36.